The van der Waals surface area contributed by atoms with Gasteiger partial charge in [-0.15, -0.1) is 0 Å². The maximum Gasteiger partial charge on any atom is 3.00 e. The molecule has 0 aliphatic heterocycles. The molecule has 0 aromatic heterocycles. The fraction of sp³-hybridized carbons (Fsp3) is 0. The van der Waals surface area contributed by atoms with Gasteiger partial charge in [0.1, 0.15) is 0 Å². The average molecular weight is 192 g/mol. The summed E-state index contributed by atoms with van der Waals surface area (Å²) >= 11 is 0. The first kappa shape index (κ1) is 71.0. The molecule has 0 N–H and O–H groups in total. The molecule has 0 aliphatic carbocycles. The molecule has 0 spiro atoms. The molecule has 0 nitrogen and oxygen atoms in total. The second kappa shape index (κ2) is 47.5. The average Bonchev–Trinajstić information content (AvgIpc) is 0. The maximum atomic E-state index is 0. The van der Waals surface area contributed by atoms with Crippen LogP contribution in [-0.4, -0.2) is 17.4 Å². The van der Waals surface area contributed by atoms with E-state index in [2.05, 4.69) is 0 Å². The molecule has 0 heterocycles. The Labute approximate surface area is 95.3 Å². The van der Waals surface area contributed by atoms with Crippen LogP contribution in [0.5, 0.6) is 0 Å². The Hall–Kier alpha value is 2.69. The molecule has 0 saturated carbocycles. The van der Waals surface area contributed by atoms with Gasteiger partial charge in [-0.1, -0.05) is 0 Å². The molecule has 0 aliphatic rings. The molecular formula is AlCl4Na. The first-order valence-corrected chi connectivity index (χ1v) is 0. The van der Waals surface area contributed by atoms with Gasteiger partial charge in [0.15, 0.2) is 0 Å². The molecule has 0 aromatic rings. The molecule has 0 fully saturated rings. The number of halogens is 4. The Morgan fingerprint density at radius 1 is 0.500 bits per heavy atom. The van der Waals surface area contributed by atoms with Gasteiger partial charge in [0, 0.05) is 0 Å². The van der Waals surface area contributed by atoms with E-state index >= 15 is 0 Å². The second-order valence-corrected chi connectivity index (χ2v) is 0. The van der Waals surface area contributed by atoms with E-state index < -0.39 is 0 Å². The Bertz CT molecular complexity index is 7.51. The van der Waals surface area contributed by atoms with E-state index in [-0.39, 0.29) is 96.5 Å². The van der Waals surface area contributed by atoms with Crippen LogP contribution < -0.4 is 79.2 Å². The summed E-state index contributed by atoms with van der Waals surface area (Å²) in [4.78, 5) is 0. The molecule has 0 amide bonds. The van der Waals surface area contributed by atoms with Crippen LogP contribution in [0.15, 0.2) is 0 Å². The molecule has 0 rings (SSSR count). The van der Waals surface area contributed by atoms with Gasteiger partial charge in [0.25, 0.3) is 0 Å². The summed E-state index contributed by atoms with van der Waals surface area (Å²) in [7, 11) is 0. The fourth-order valence-corrected chi connectivity index (χ4v) is 0. The smallest absolute Gasteiger partial charge is 1.00 e. The minimum atomic E-state index is 0. The summed E-state index contributed by atoms with van der Waals surface area (Å²) in [6, 6.07) is 0. The van der Waals surface area contributed by atoms with Crippen molar-refractivity contribution in [1.29, 1.82) is 0 Å². The van der Waals surface area contributed by atoms with E-state index in [4.69, 9.17) is 0 Å². The van der Waals surface area contributed by atoms with Gasteiger partial charge in [0.05, 0.1) is 0 Å². The Balaban J connectivity index is 0. The second-order valence-electron chi connectivity index (χ2n) is 0. The largest absolute Gasteiger partial charge is 3.00 e. The van der Waals surface area contributed by atoms with E-state index in [1.165, 1.54) is 0 Å². The predicted molar refractivity (Wildman–Crippen MR) is 5.75 cm³/mol. The van der Waals surface area contributed by atoms with Crippen LogP contribution in [0.3, 0.4) is 0 Å². The summed E-state index contributed by atoms with van der Waals surface area (Å²) in [5.41, 5.74) is 0. The summed E-state index contributed by atoms with van der Waals surface area (Å²) in [5, 5.41) is 0. The zero-order chi connectivity index (χ0) is 0. The SMILES string of the molecule is [Al+3].[Cl-].[Cl-].[Cl-].[Cl-].[Na+]. The number of rotatable bonds is 0. The molecule has 6 heteroatoms. The van der Waals surface area contributed by atoms with E-state index in [0.717, 1.165) is 0 Å². The van der Waals surface area contributed by atoms with Crippen LogP contribution in [0.4, 0.5) is 0 Å². The standard InChI is InChI=1S/Al.4ClH.Na/h;4*1H;/q+3;;;;;+1/p-4. The molecular weight excluding hydrogens is 192 g/mol. The normalized spacial score (nSPS) is 0. The fourth-order valence-electron chi connectivity index (χ4n) is 0. The molecule has 0 saturated heterocycles. The van der Waals surface area contributed by atoms with Gasteiger partial charge in [-0.3, -0.25) is 0 Å². The first-order valence-electron chi connectivity index (χ1n) is 0. The van der Waals surface area contributed by atoms with Crippen LogP contribution in [0.25, 0.3) is 0 Å². The molecule has 0 bridgehead atoms. The van der Waals surface area contributed by atoms with E-state index in [1.807, 2.05) is 0 Å². The third kappa shape index (κ3) is 29.9. The Kier molecular flexibility index (Phi) is 562. The van der Waals surface area contributed by atoms with Gasteiger partial charge in [-0.2, -0.15) is 0 Å². The van der Waals surface area contributed by atoms with Gasteiger partial charge in [0.2, 0.25) is 0 Å². The predicted octanol–water partition coefficient (Wildman–Crippen LogP) is -15.4. The van der Waals surface area contributed by atoms with Crippen molar-refractivity contribution < 1.29 is 79.2 Å². The van der Waals surface area contributed by atoms with Crippen molar-refractivity contribution >= 4 is 17.4 Å². The molecule has 0 aromatic carbocycles. The van der Waals surface area contributed by atoms with Crippen molar-refractivity contribution in [2.45, 2.75) is 0 Å². The summed E-state index contributed by atoms with van der Waals surface area (Å²) in [5.74, 6) is 0. The summed E-state index contributed by atoms with van der Waals surface area (Å²) < 4.78 is 0. The van der Waals surface area contributed by atoms with E-state index in [0.29, 0.717) is 0 Å². The topological polar surface area (TPSA) is 0 Å². The van der Waals surface area contributed by atoms with Crippen LogP contribution >= 0.6 is 0 Å². The summed E-state index contributed by atoms with van der Waals surface area (Å²) in [6.07, 6.45) is 0. The van der Waals surface area contributed by atoms with Crippen LogP contribution in [0, 0.1) is 0 Å². The molecule has 0 atom stereocenters. The van der Waals surface area contributed by atoms with Crippen molar-refractivity contribution in [3.63, 3.8) is 0 Å². The van der Waals surface area contributed by atoms with Gasteiger partial charge >= 0.3 is 46.9 Å². The molecule has 6 heavy (non-hydrogen) atoms. The van der Waals surface area contributed by atoms with Crippen molar-refractivity contribution in [2.75, 3.05) is 0 Å². The number of hydrogen-bond donors (Lipinski definition) is 0. The molecule has 0 radical (unpaired) electrons. The van der Waals surface area contributed by atoms with Gasteiger partial charge in [-0.25, -0.2) is 0 Å². The zero-order valence-electron chi connectivity index (χ0n) is 3.09. The minimum Gasteiger partial charge on any atom is -1.00 e. The first-order chi connectivity index (χ1) is 0. The van der Waals surface area contributed by atoms with Crippen molar-refractivity contribution in [3.05, 3.63) is 0 Å². The third-order valence-electron chi connectivity index (χ3n) is 0. The molecule has 0 unspecified atom stereocenters. The monoisotopic (exact) mass is 190 g/mol. The Morgan fingerprint density at radius 3 is 0.500 bits per heavy atom. The van der Waals surface area contributed by atoms with E-state index in [1.54, 1.807) is 0 Å². The van der Waals surface area contributed by atoms with Crippen LogP contribution in [0.2, 0.25) is 0 Å². The van der Waals surface area contributed by atoms with Gasteiger partial charge in [-0.05, 0) is 0 Å². The maximum absolute atomic E-state index is 0. The molecule has 32 valence electrons. The summed E-state index contributed by atoms with van der Waals surface area (Å²) in [6.45, 7) is 0. The quantitative estimate of drug-likeness (QED) is 0.334. The van der Waals surface area contributed by atoms with Crippen molar-refractivity contribution in [3.8, 4) is 0 Å². The Morgan fingerprint density at radius 2 is 0.500 bits per heavy atom. The number of hydrogen-bond acceptors (Lipinski definition) is 0. The van der Waals surface area contributed by atoms with Gasteiger partial charge < -0.3 is 49.6 Å². The van der Waals surface area contributed by atoms with Crippen molar-refractivity contribution in [2.24, 2.45) is 0 Å². The van der Waals surface area contributed by atoms with Crippen molar-refractivity contribution in [1.82, 2.24) is 0 Å². The van der Waals surface area contributed by atoms with Crippen LogP contribution in [-0.2, 0) is 0 Å². The van der Waals surface area contributed by atoms with Crippen LogP contribution in [0.1, 0.15) is 0 Å². The minimum absolute atomic E-state index is 0. The van der Waals surface area contributed by atoms with E-state index in [9.17, 15) is 0 Å². The zero-order valence-corrected chi connectivity index (χ0v) is 9.27. The third-order valence-corrected chi connectivity index (χ3v) is 0.